The number of thioether (sulfide) groups is 1. The van der Waals surface area contributed by atoms with Gasteiger partial charge in [-0.3, -0.25) is 14.2 Å². The van der Waals surface area contributed by atoms with Crippen LogP contribution >= 0.6 is 23.4 Å². The van der Waals surface area contributed by atoms with E-state index in [1.807, 2.05) is 37.3 Å². The normalized spacial score (nSPS) is 13.1. The number of halogens is 1. The van der Waals surface area contributed by atoms with Crippen molar-refractivity contribution in [2.45, 2.75) is 56.1 Å². The van der Waals surface area contributed by atoms with Gasteiger partial charge in [0, 0.05) is 25.3 Å². The van der Waals surface area contributed by atoms with Gasteiger partial charge in [0.2, 0.25) is 5.91 Å². The fourth-order valence-corrected chi connectivity index (χ4v) is 4.74. The van der Waals surface area contributed by atoms with Gasteiger partial charge in [-0.25, -0.2) is 4.98 Å². The molecule has 0 aliphatic heterocycles. The lowest BCUT2D eigenvalue weighted by atomic mass is 10.0. The van der Waals surface area contributed by atoms with Crippen molar-refractivity contribution >= 4 is 40.2 Å². The first-order chi connectivity index (χ1) is 15.9. The van der Waals surface area contributed by atoms with E-state index in [1.54, 1.807) is 29.9 Å². The van der Waals surface area contributed by atoms with E-state index in [2.05, 4.69) is 12.2 Å². The van der Waals surface area contributed by atoms with Crippen LogP contribution < -0.4 is 10.9 Å². The molecule has 0 spiro atoms. The number of rotatable bonds is 11. The Labute approximate surface area is 203 Å². The fraction of sp³-hybridized carbons (Fsp3) is 0.400. The molecule has 2 atom stereocenters. The van der Waals surface area contributed by atoms with Crippen molar-refractivity contribution in [2.75, 3.05) is 13.7 Å². The molecule has 2 aromatic carbocycles. The van der Waals surface area contributed by atoms with Crippen molar-refractivity contribution in [2.24, 2.45) is 0 Å². The molecule has 33 heavy (non-hydrogen) atoms. The standard InChI is InChI=1S/C25H30ClN3O3S/c1-4-9-21(18-10-6-5-7-11-18)27-23(30)17(2)33-25-28-22-16-19(26)12-13-20(22)24(31)29(25)14-8-15-32-3/h5-7,10-13,16-17,21H,4,8-9,14-15H2,1-3H3,(H,27,30). The van der Waals surface area contributed by atoms with Crippen LogP contribution in [0.4, 0.5) is 0 Å². The van der Waals surface area contributed by atoms with Crippen LogP contribution in [0.15, 0.2) is 58.5 Å². The van der Waals surface area contributed by atoms with Crippen molar-refractivity contribution in [1.29, 1.82) is 0 Å². The van der Waals surface area contributed by atoms with Gasteiger partial charge in [0.15, 0.2) is 5.16 Å². The second kappa shape index (κ2) is 12.2. The average Bonchev–Trinajstić information content (AvgIpc) is 2.81. The Morgan fingerprint density at radius 1 is 1.24 bits per heavy atom. The van der Waals surface area contributed by atoms with Gasteiger partial charge in [0.25, 0.3) is 5.56 Å². The molecule has 1 heterocycles. The maximum atomic E-state index is 13.2. The number of methoxy groups -OCH3 is 1. The molecule has 176 valence electrons. The SMILES string of the molecule is CCCC(NC(=O)C(C)Sc1nc2cc(Cl)ccc2c(=O)n1CCCOC)c1ccccc1. The average molecular weight is 488 g/mol. The van der Waals surface area contributed by atoms with E-state index in [0.717, 1.165) is 18.4 Å². The van der Waals surface area contributed by atoms with Gasteiger partial charge >= 0.3 is 0 Å². The molecule has 0 fully saturated rings. The van der Waals surface area contributed by atoms with Crippen LogP contribution in [0.3, 0.4) is 0 Å². The molecule has 0 bridgehead atoms. The van der Waals surface area contributed by atoms with Crippen LogP contribution in [0.5, 0.6) is 0 Å². The predicted molar refractivity (Wildman–Crippen MR) is 135 cm³/mol. The smallest absolute Gasteiger partial charge is 0.262 e. The molecule has 3 aromatic rings. The summed E-state index contributed by atoms with van der Waals surface area (Å²) in [6, 6.07) is 15.0. The minimum absolute atomic E-state index is 0.0565. The highest BCUT2D eigenvalue weighted by molar-refractivity contribution is 8.00. The summed E-state index contributed by atoms with van der Waals surface area (Å²) in [4.78, 5) is 31.0. The summed E-state index contributed by atoms with van der Waals surface area (Å²) in [5, 5.41) is 4.25. The minimum Gasteiger partial charge on any atom is -0.385 e. The molecule has 3 rings (SSSR count). The zero-order valence-corrected chi connectivity index (χ0v) is 20.8. The number of nitrogens with zero attached hydrogens (tertiary/aromatic N) is 2. The molecule has 0 saturated carbocycles. The molecule has 1 N–H and O–H groups in total. The Kier molecular flexibility index (Phi) is 9.35. The highest BCUT2D eigenvalue weighted by atomic mass is 35.5. The molecule has 1 amide bonds. The molecule has 1 aromatic heterocycles. The minimum atomic E-state index is -0.440. The first-order valence-corrected chi connectivity index (χ1v) is 12.4. The van der Waals surface area contributed by atoms with Gasteiger partial charge in [0.05, 0.1) is 22.2 Å². The number of benzene rings is 2. The molecule has 0 aliphatic carbocycles. The van der Waals surface area contributed by atoms with Crippen LogP contribution in [0.2, 0.25) is 5.02 Å². The van der Waals surface area contributed by atoms with E-state index in [-0.39, 0.29) is 17.5 Å². The van der Waals surface area contributed by atoms with E-state index < -0.39 is 5.25 Å². The number of hydrogen-bond donors (Lipinski definition) is 1. The van der Waals surface area contributed by atoms with E-state index >= 15 is 0 Å². The topological polar surface area (TPSA) is 73.2 Å². The first kappa shape index (κ1) is 25.3. The number of carbonyl (C=O) groups excluding carboxylic acids is 1. The third kappa shape index (κ3) is 6.59. The number of carbonyl (C=O) groups is 1. The van der Waals surface area contributed by atoms with E-state index in [9.17, 15) is 9.59 Å². The van der Waals surface area contributed by atoms with Crippen LogP contribution in [0.25, 0.3) is 10.9 Å². The molecular weight excluding hydrogens is 458 g/mol. The summed E-state index contributed by atoms with van der Waals surface area (Å²) < 4.78 is 6.78. The monoisotopic (exact) mass is 487 g/mol. The van der Waals surface area contributed by atoms with Gasteiger partial charge in [-0.2, -0.15) is 0 Å². The molecule has 6 nitrogen and oxygen atoms in total. The van der Waals surface area contributed by atoms with Crippen LogP contribution in [-0.2, 0) is 16.1 Å². The summed E-state index contributed by atoms with van der Waals surface area (Å²) in [5.74, 6) is -0.0915. The molecular formula is C25H30ClN3O3S. The van der Waals surface area contributed by atoms with Gasteiger partial charge in [-0.15, -0.1) is 0 Å². The van der Waals surface area contributed by atoms with Gasteiger partial charge in [-0.1, -0.05) is 67.0 Å². The molecule has 0 saturated heterocycles. The Bertz CT molecular complexity index is 1140. The van der Waals surface area contributed by atoms with E-state index in [1.165, 1.54) is 11.8 Å². The number of nitrogens with one attached hydrogen (secondary N) is 1. The van der Waals surface area contributed by atoms with Gasteiger partial charge in [-0.05, 0) is 43.5 Å². The van der Waals surface area contributed by atoms with Gasteiger partial charge in [0.1, 0.15) is 0 Å². The number of fused-ring (bicyclic) bond motifs is 1. The summed E-state index contributed by atoms with van der Waals surface area (Å²) in [6.07, 6.45) is 2.47. The third-order valence-electron chi connectivity index (χ3n) is 5.36. The number of ether oxygens (including phenoxy) is 1. The van der Waals surface area contributed by atoms with Crippen molar-refractivity contribution in [3.05, 3.63) is 69.5 Å². The van der Waals surface area contributed by atoms with Crippen molar-refractivity contribution in [1.82, 2.24) is 14.9 Å². The molecule has 0 radical (unpaired) electrons. The lowest BCUT2D eigenvalue weighted by Gasteiger charge is -2.21. The van der Waals surface area contributed by atoms with Crippen molar-refractivity contribution in [3.63, 3.8) is 0 Å². The molecule has 0 aliphatic rings. The molecule has 2 unspecified atom stereocenters. The third-order valence-corrected chi connectivity index (χ3v) is 6.68. The number of hydrogen-bond acceptors (Lipinski definition) is 5. The fourth-order valence-electron chi connectivity index (χ4n) is 3.62. The summed E-state index contributed by atoms with van der Waals surface area (Å²) >= 11 is 7.41. The summed E-state index contributed by atoms with van der Waals surface area (Å²) in [6.45, 7) is 4.92. The summed E-state index contributed by atoms with van der Waals surface area (Å²) in [5.41, 5.74) is 1.47. The first-order valence-electron chi connectivity index (χ1n) is 11.2. The maximum Gasteiger partial charge on any atom is 0.262 e. The van der Waals surface area contributed by atoms with Crippen LogP contribution in [0, 0.1) is 0 Å². The van der Waals surface area contributed by atoms with E-state index in [0.29, 0.717) is 40.7 Å². The van der Waals surface area contributed by atoms with Gasteiger partial charge < -0.3 is 10.1 Å². The Balaban J connectivity index is 1.86. The highest BCUT2D eigenvalue weighted by Gasteiger charge is 2.22. The Morgan fingerprint density at radius 3 is 2.70 bits per heavy atom. The lowest BCUT2D eigenvalue weighted by Crippen LogP contribution is -2.35. The summed E-state index contributed by atoms with van der Waals surface area (Å²) in [7, 11) is 1.63. The largest absolute Gasteiger partial charge is 0.385 e. The zero-order chi connectivity index (χ0) is 23.8. The highest BCUT2D eigenvalue weighted by Crippen LogP contribution is 2.26. The van der Waals surface area contributed by atoms with Crippen LogP contribution in [-0.4, -0.2) is 34.4 Å². The second-order valence-corrected chi connectivity index (χ2v) is 9.62. The van der Waals surface area contributed by atoms with Crippen molar-refractivity contribution in [3.8, 4) is 0 Å². The molecule has 8 heteroatoms. The number of aromatic nitrogens is 2. The Hall–Kier alpha value is -2.35. The lowest BCUT2D eigenvalue weighted by molar-refractivity contribution is -0.121. The zero-order valence-electron chi connectivity index (χ0n) is 19.2. The van der Waals surface area contributed by atoms with Crippen LogP contribution in [0.1, 0.15) is 44.7 Å². The van der Waals surface area contributed by atoms with Crippen molar-refractivity contribution < 1.29 is 9.53 Å². The quantitative estimate of drug-likeness (QED) is 0.228. The Morgan fingerprint density at radius 2 is 2.00 bits per heavy atom. The van der Waals surface area contributed by atoms with E-state index in [4.69, 9.17) is 21.3 Å². The predicted octanol–water partition coefficient (Wildman–Crippen LogP) is 5.22. The number of amides is 1. The maximum absolute atomic E-state index is 13.2. The second-order valence-electron chi connectivity index (χ2n) is 7.88.